The topological polar surface area (TPSA) is 12.0 Å². The van der Waals surface area contributed by atoms with Crippen LogP contribution >= 0.6 is 12.4 Å². The maximum Gasteiger partial charge on any atom is 0.0108 e. The van der Waals surface area contributed by atoms with E-state index in [-0.39, 0.29) is 12.4 Å². The van der Waals surface area contributed by atoms with Gasteiger partial charge in [-0.1, -0.05) is 30.3 Å². The molecule has 0 saturated carbocycles. The highest BCUT2D eigenvalue weighted by Crippen LogP contribution is 2.11. The van der Waals surface area contributed by atoms with Crippen molar-refractivity contribution in [2.24, 2.45) is 0 Å². The maximum absolute atomic E-state index is 3.51. The van der Waals surface area contributed by atoms with Crippen molar-refractivity contribution < 1.29 is 0 Å². The van der Waals surface area contributed by atoms with Gasteiger partial charge in [-0.05, 0) is 31.4 Å². The number of nitrogens with one attached hydrogen (secondary N) is 1. The van der Waals surface area contributed by atoms with E-state index >= 15 is 0 Å². The molecule has 1 saturated heterocycles. The quantitative estimate of drug-likeness (QED) is 0.768. The van der Waals surface area contributed by atoms with Crippen LogP contribution < -0.4 is 5.32 Å². The van der Waals surface area contributed by atoms with Gasteiger partial charge >= 0.3 is 0 Å². The van der Waals surface area contributed by atoms with E-state index in [9.17, 15) is 0 Å². The van der Waals surface area contributed by atoms with E-state index in [1.807, 2.05) is 0 Å². The molecule has 2 rings (SSSR count). The Kier molecular flexibility index (Phi) is 4.26. The van der Waals surface area contributed by atoms with Gasteiger partial charge in [0.1, 0.15) is 0 Å². The molecule has 1 aliphatic rings. The Labute approximate surface area is 86.0 Å². The summed E-state index contributed by atoms with van der Waals surface area (Å²) in [5, 5.41) is 3.51. The van der Waals surface area contributed by atoms with E-state index in [0.29, 0.717) is 0 Å². The first-order valence-electron chi connectivity index (χ1n) is 4.72. The van der Waals surface area contributed by atoms with Crippen molar-refractivity contribution in [1.82, 2.24) is 5.32 Å². The minimum Gasteiger partial charge on any atom is -0.314 e. The van der Waals surface area contributed by atoms with Crippen LogP contribution in [0.15, 0.2) is 30.3 Å². The van der Waals surface area contributed by atoms with Crippen LogP contribution in [0.1, 0.15) is 18.4 Å². The fourth-order valence-corrected chi connectivity index (χ4v) is 1.83. The zero-order valence-corrected chi connectivity index (χ0v) is 8.52. The predicted molar refractivity (Wildman–Crippen MR) is 58.4 cm³/mol. The Morgan fingerprint density at radius 2 is 2.00 bits per heavy atom. The molecule has 0 bridgehead atoms. The molecule has 72 valence electrons. The van der Waals surface area contributed by atoms with Crippen molar-refractivity contribution in [2.75, 3.05) is 6.54 Å². The van der Waals surface area contributed by atoms with Crippen LogP contribution in [0.2, 0.25) is 0 Å². The molecule has 13 heavy (non-hydrogen) atoms. The third kappa shape index (κ3) is 3.02. The van der Waals surface area contributed by atoms with E-state index in [1.165, 1.54) is 31.4 Å². The van der Waals surface area contributed by atoms with E-state index < -0.39 is 0 Å². The van der Waals surface area contributed by atoms with Gasteiger partial charge in [0.25, 0.3) is 0 Å². The molecule has 0 spiro atoms. The van der Waals surface area contributed by atoms with E-state index in [4.69, 9.17) is 0 Å². The van der Waals surface area contributed by atoms with Crippen molar-refractivity contribution in [3.05, 3.63) is 35.9 Å². The highest BCUT2D eigenvalue weighted by Gasteiger charge is 2.13. The Morgan fingerprint density at radius 1 is 1.23 bits per heavy atom. The molecule has 1 N–H and O–H groups in total. The highest BCUT2D eigenvalue weighted by molar-refractivity contribution is 5.85. The molecule has 0 radical (unpaired) electrons. The van der Waals surface area contributed by atoms with Crippen LogP contribution in [0, 0.1) is 0 Å². The lowest BCUT2D eigenvalue weighted by atomic mass is 10.1. The smallest absolute Gasteiger partial charge is 0.0108 e. The number of hydrogen-bond acceptors (Lipinski definition) is 1. The SMILES string of the molecule is Cl.c1ccc(C[C@@H]2CCCN2)cc1. The Morgan fingerprint density at radius 3 is 2.62 bits per heavy atom. The molecule has 0 unspecified atom stereocenters. The summed E-state index contributed by atoms with van der Waals surface area (Å²) in [7, 11) is 0. The Bertz CT molecular complexity index is 229. The van der Waals surface area contributed by atoms with Gasteiger partial charge in [0, 0.05) is 6.04 Å². The van der Waals surface area contributed by atoms with Crippen LogP contribution in [0.5, 0.6) is 0 Å². The number of hydrogen-bond donors (Lipinski definition) is 1. The van der Waals surface area contributed by atoms with Gasteiger partial charge in [0.05, 0.1) is 0 Å². The molecule has 1 nitrogen and oxygen atoms in total. The monoisotopic (exact) mass is 197 g/mol. The summed E-state index contributed by atoms with van der Waals surface area (Å²) >= 11 is 0. The minimum absolute atomic E-state index is 0. The van der Waals surface area contributed by atoms with E-state index in [2.05, 4.69) is 35.6 Å². The molecule has 0 aliphatic carbocycles. The van der Waals surface area contributed by atoms with Crippen molar-refractivity contribution in [3.8, 4) is 0 Å². The molecule has 0 aromatic heterocycles. The largest absolute Gasteiger partial charge is 0.314 e. The molecular formula is C11H16ClN. The van der Waals surface area contributed by atoms with Crippen LogP contribution in [0.25, 0.3) is 0 Å². The predicted octanol–water partition coefficient (Wildman–Crippen LogP) is 2.40. The van der Waals surface area contributed by atoms with Crippen molar-refractivity contribution in [1.29, 1.82) is 0 Å². The second-order valence-electron chi connectivity index (χ2n) is 3.48. The number of halogens is 1. The maximum atomic E-state index is 3.51. The van der Waals surface area contributed by atoms with Gasteiger partial charge in [-0.3, -0.25) is 0 Å². The summed E-state index contributed by atoms with van der Waals surface area (Å²) in [6, 6.07) is 11.5. The lowest BCUT2D eigenvalue weighted by Gasteiger charge is -2.08. The zero-order valence-electron chi connectivity index (χ0n) is 7.70. The summed E-state index contributed by atoms with van der Waals surface area (Å²) in [6.07, 6.45) is 3.88. The van der Waals surface area contributed by atoms with Crippen molar-refractivity contribution in [3.63, 3.8) is 0 Å². The molecule has 1 fully saturated rings. The fraction of sp³-hybridized carbons (Fsp3) is 0.455. The average molecular weight is 198 g/mol. The molecule has 2 heteroatoms. The van der Waals surface area contributed by atoms with Gasteiger partial charge in [0.2, 0.25) is 0 Å². The van der Waals surface area contributed by atoms with Gasteiger partial charge in [0.15, 0.2) is 0 Å². The van der Waals surface area contributed by atoms with Crippen LogP contribution in [-0.4, -0.2) is 12.6 Å². The number of benzene rings is 1. The summed E-state index contributed by atoms with van der Waals surface area (Å²) < 4.78 is 0. The van der Waals surface area contributed by atoms with Gasteiger partial charge in [-0.2, -0.15) is 0 Å². The third-order valence-electron chi connectivity index (χ3n) is 2.49. The molecule has 1 aromatic carbocycles. The first kappa shape index (κ1) is 10.6. The van der Waals surface area contributed by atoms with E-state index in [0.717, 1.165) is 6.04 Å². The fourth-order valence-electron chi connectivity index (χ4n) is 1.83. The van der Waals surface area contributed by atoms with Crippen molar-refractivity contribution >= 4 is 12.4 Å². The van der Waals surface area contributed by atoms with Crippen molar-refractivity contribution in [2.45, 2.75) is 25.3 Å². The zero-order chi connectivity index (χ0) is 8.23. The standard InChI is InChI=1S/C11H15N.ClH/c1-2-5-10(6-3-1)9-11-7-4-8-12-11;/h1-3,5-6,11-12H,4,7-9H2;1H/t11-;/m0./s1. The molecule has 1 aliphatic heterocycles. The van der Waals surface area contributed by atoms with Crippen LogP contribution in [-0.2, 0) is 6.42 Å². The first-order valence-corrected chi connectivity index (χ1v) is 4.72. The molecule has 1 atom stereocenters. The molecular weight excluding hydrogens is 182 g/mol. The van der Waals surface area contributed by atoms with Gasteiger partial charge in [-0.25, -0.2) is 0 Å². The van der Waals surface area contributed by atoms with Crippen LogP contribution in [0.3, 0.4) is 0 Å². The molecule has 1 heterocycles. The van der Waals surface area contributed by atoms with Gasteiger partial charge < -0.3 is 5.32 Å². The van der Waals surface area contributed by atoms with E-state index in [1.54, 1.807) is 0 Å². The summed E-state index contributed by atoms with van der Waals surface area (Å²) in [6.45, 7) is 1.21. The first-order chi connectivity index (χ1) is 5.95. The second-order valence-corrected chi connectivity index (χ2v) is 3.48. The number of rotatable bonds is 2. The lowest BCUT2D eigenvalue weighted by molar-refractivity contribution is 0.603. The third-order valence-corrected chi connectivity index (χ3v) is 2.49. The molecule has 0 amide bonds. The van der Waals surface area contributed by atoms with Crippen LogP contribution in [0.4, 0.5) is 0 Å². The molecule has 1 aromatic rings. The lowest BCUT2D eigenvalue weighted by Crippen LogP contribution is -2.23. The summed E-state index contributed by atoms with van der Waals surface area (Å²) in [4.78, 5) is 0. The minimum atomic E-state index is 0. The van der Waals surface area contributed by atoms with Gasteiger partial charge in [-0.15, -0.1) is 12.4 Å². The Balaban J connectivity index is 0.000000845. The Hall–Kier alpha value is -0.530. The second kappa shape index (κ2) is 5.25. The normalized spacial score (nSPS) is 21.1. The summed E-state index contributed by atoms with van der Waals surface area (Å²) in [5.74, 6) is 0. The highest BCUT2D eigenvalue weighted by atomic mass is 35.5. The summed E-state index contributed by atoms with van der Waals surface area (Å²) in [5.41, 5.74) is 1.46. The average Bonchev–Trinajstić information content (AvgIpc) is 2.59.